The van der Waals surface area contributed by atoms with Gasteiger partial charge in [-0.25, -0.2) is 0 Å². The molecule has 1 aromatic rings. The number of nitrogens with zero attached hydrogens (tertiary/aromatic N) is 2. The van der Waals surface area contributed by atoms with Crippen LogP contribution >= 0.6 is 34.2 Å². The molecule has 1 unspecified atom stereocenters. The van der Waals surface area contributed by atoms with Crippen LogP contribution in [-0.2, 0) is 13.6 Å². The Balaban J connectivity index is 2.41. The molecule has 1 rings (SSSR count). The number of rotatable bonds is 5. The zero-order valence-corrected chi connectivity index (χ0v) is 11.3. The molecule has 0 aliphatic carbocycles. The highest BCUT2D eigenvalue weighted by Gasteiger charge is 2.05. The van der Waals surface area contributed by atoms with Gasteiger partial charge in [-0.05, 0) is 12.5 Å². The van der Waals surface area contributed by atoms with Gasteiger partial charge in [-0.1, -0.05) is 47.5 Å². The molecule has 5 heteroatoms. The molecule has 3 nitrogen and oxygen atoms in total. The topological polar surface area (TPSA) is 29.9 Å². The third-order valence-electron chi connectivity index (χ3n) is 1.99. The van der Waals surface area contributed by atoms with Gasteiger partial charge in [0.2, 0.25) is 0 Å². The third-order valence-corrected chi connectivity index (χ3v) is 3.24. The van der Waals surface area contributed by atoms with Crippen LogP contribution in [0.4, 0.5) is 0 Å². The Labute approximate surface area is 103 Å². The fraction of sp³-hybridized carbons (Fsp3) is 0.667. The Morgan fingerprint density at radius 3 is 2.93 bits per heavy atom. The molecule has 0 aliphatic heterocycles. The summed E-state index contributed by atoms with van der Waals surface area (Å²) in [5.41, 5.74) is 1.12. The summed E-state index contributed by atoms with van der Waals surface area (Å²) in [6.45, 7) is 3.01. The van der Waals surface area contributed by atoms with Crippen molar-refractivity contribution in [1.82, 2.24) is 15.1 Å². The molecule has 0 aliphatic rings. The van der Waals surface area contributed by atoms with E-state index in [4.69, 9.17) is 11.6 Å². The van der Waals surface area contributed by atoms with Gasteiger partial charge in [-0.3, -0.25) is 10.00 Å². The summed E-state index contributed by atoms with van der Waals surface area (Å²) in [4.78, 5) is 0. The largest absolute Gasteiger partial charge is 0.300 e. The van der Waals surface area contributed by atoms with Crippen LogP contribution < -0.4 is 5.32 Å². The average molecular weight is 328 g/mol. The highest BCUT2D eigenvalue weighted by atomic mass is 127. The van der Waals surface area contributed by atoms with Gasteiger partial charge in [-0.15, -0.1) is 0 Å². The predicted molar refractivity (Wildman–Crippen MR) is 67.8 cm³/mol. The summed E-state index contributed by atoms with van der Waals surface area (Å²) in [6.07, 6.45) is 2.39. The molecule has 1 N–H and O–H groups in total. The summed E-state index contributed by atoms with van der Waals surface area (Å²) in [6, 6.07) is 1.89. The normalized spacial score (nSPS) is 13.1. The van der Waals surface area contributed by atoms with Crippen LogP contribution in [0.3, 0.4) is 0 Å². The van der Waals surface area contributed by atoms with Crippen molar-refractivity contribution < 1.29 is 0 Å². The molecule has 14 heavy (non-hydrogen) atoms. The van der Waals surface area contributed by atoms with Gasteiger partial charge < -0.3 is 0 Å². The molecule has 0 fully saturated rings. The molecule has 0 spiro atoms. The number of halogens is 2. The summed E-state index contributed by atoms with van der Waals surface area (Å²) >= 11 is 8.19. The Kier molecular flexibility index (Phi) is 5.19. The molecule has 1 heterocycles. The van der Waals surface area contributed by atoms with E-state index >= 15 is 0 Å². The van der Waals surface area contributed by atoms with Crippen molar-refractivity contribution >= 4 is 34.2 Å². The van der Waals surface area contributed by atoms with Gasteiger partial charge in [0.25, 0.3) is 0 Å². The highest BCUT2D eigenvalue weighted by Crippen LogP contribution is 2.10. The molecule has 1 aromatic heterocycles. The summed E-state index contributed by atoms with van der Waals surface area (Å²) < 4.78 is 2.33. The first-order valence-electron chi connectivity index (χ1n) is 4.69. The monoisotopic (exact) mass is 327 g/mol. The van der Waals surface area contributed by atoms with Crippen molar-refractivity contribution in [2.75, 3.05) is 0 Å². The van der Waals surface area contributed by atoms with Crippen molar-refractivity contribution in [3.8, 4) is 0 Å². The van der Waals surface area contributed by atoms with Crippen molar-refractivity contribution in [2.24, 2.45) is 7.05 Å². The zero-order chi connectivity index (χ0) is 10.6. The molecular weight excluding hydrogens is 312 g/mol. The lowest BCUT2D eigenvalue weighted by atomic mass is 10.3. The van der Waals surface area contributed by atoms with Crippen LogP contribution in [0.5, 0.6) is 0 Å². The van der Waals surface area contributed by atoms with E-state index in [1.54, 1.807) is 0 Å². The van der Waals surface area contributed by atoms with Crippen molar-refractivity contribution in [3.05, 3.63) is 16.9 Å². The molecular formula is C9H15ClIN3. The number of alkyl halides is 1. The van der Waals surface area contributed by atoms with Gasteiger partial charge in [0, 0.05) is 13.6 Å². The molecule has 0 amide bonds. The number of nitrogens with one attached hydrogen (secondary N) is 1. The Morgan fingerprint density at radius 2 is 2.43 bits per heavy atom. The van der Waals surface area contributed by atoms with Crippen molar-refractivity contribution in [3.63, 3.8) is 0 Å². The lowest BCUT2D eigenvalue weighted by molar-refractivity contribution is 0.587. The Bertz CT molecular complexity index is 288. The van der Waals surface area contributed by atoms with E-state index in [0.29, 0.717) is 9.20 Å². The van der Waals surface area contributed by atoms with Crippen LogP contribution in [0.1, 0.15) is 25.5 Å². The van der Waals surface area contributed by atoms with Crippen molar-refractivity contribution in [2.45, 2.75) is 30.4 Å². The molecule has 0 bridgehead atoms. The number of aryl methyl sites for hydroxylation is 1. The van der Waals surface area contributed by atoms with E-state index in [0.717, 1.165) is 12.2 Å². The Hall–Kier alpha value is 0.190. The van der Waals surface area contributed by atoms with E-state index < -0.39 is 0 Å². The number of hydrogen-bond donors (Lipinski definition) is 1. The summed E-state index contributed by atoms with van der Waals surface area (Å²) in [5.74, 6) is 0. The molecule has 80 valence electrons. The van der Waals surface area contributed by atoms with Gasteiger partial charge in [0.1, 0.15) is 0 Å². The highest BCUT2D eigenvalue weighted by molar-refractivity contribution is 14.1. The summed E-state index contributed by atoms with van der Waals surface area (Å²) in [5, 5.41) is 8.06. The first kappa shape index (κ1) is 12.3. The molecule has 0 aromatic carbocycles. The second-order valence-electron chi connectivity index (χ2n) is 3.22. The van der Waals surface area contributed by atoms with E-state index in [-0.39, 0.29) is 0 Å². The quantitative estimate of drug-likeness (QED) is 0.512. The van der Waals surface area contributed by atoms with Crippen LogP contribution in [0.15, 0.2) is 6.07 Å². The van der Waals surface area contributed by atoms with E-state index in [1.807, 2.05) is 17.8 Å². The lowest BCUT2D eigenvalue weighted by Crippen LogP contribution is -2.23. The molecule has 0 saturated heterocycles. The number of aromatic nitrogens is 2. The average Bonchev–Trinajstić information content (AvgIpc) is 2.42. The van der Waals surface area contributed by atoms with E-state index in [9.17, 15) is 0 Å². The summed E-state index contributed by atoms with van der Waals surface area (Å²) in [7, 11) is 1.91. The maximum absolute atomic E-state index is 5.78. The van der Waals surface area contributed by atoms with Crippen LogP contribution in [0.25, 0.3) is 0 Å². The number of hydrogen-bond acceptors (Lipinski definition) is 2. The van der Waals surface area contributed by atoms with Crippen LogP contribution in [0, 0.1) is 0 Å². The minimum atomic E-state index is 0.520. The lowest BCUT2D eigenvalue weighted by Gasteiger charge is -2.10. The smallest absolute Gasteiger partial charge is 0.151 e. The van der Waals surface area contributed by atoms with Crippen LogP contribution in [0.2, 0.25) is 5.15 Å². The molecule has 0 radical (unpaired) electrons. The maximum Gasteiger partial charge on any atom is 0.151 e. The van der Waals surface area contributed by atoms with Crippen LogP contribution in [-0.4, -0.2) is 13.8 Å². The van der Waals surface area contributed by atoms with E-state index in [2.05, 4.69) is 39.9 Å². The first-order valence-corrected chi connectivity index (χ1v) is 6.31. The van der Waals surface area contributed by atoms with E-state index in [1.165, 1.54) is 12.8 Å². The molecule has 0 saturated carbocycles. The second-order valence-corrected chi connectivity index (χ2v) is 5.11. The third kappa shape index (κ3) is 3.74. The Morgan fingerprint density at radius 1 is 1.71 bits per heavy atom. The fourth-order valence-electron chi connectivity index (χ4n) is 1.20. The van der Waals surface area contributed by atoms with Gasteiger partial charge in [0.05, 0.1) is 9.74 Å². The van der Waals surface area contributed by atoms with Gasteiger partial charge >= 0.3 is 0 Å². The van der Waals surface area contributed by atoms with Crippen molar-refractivity contribution in [1.29, 1.82) is 0 Å². The zero-order valence-electron chi connectivity index (χ0n) is 8.43. The SMILES string of the molecule is CCCC(I)NCc1cc(Cl)nn1C. The first-order chi connectivity index (χ1) is 6.63. The second kappa shape index (κ2) is 5.92. The molecule has 1 atom stereocenters. The van der Waals surface area contributed by atoms with Gasteiger partial charge in [0.15, 0.2) is 5.15 Å². The minimum absolute atomic E-state index is 0.520. The minimum Gasteiger partial charge on any atom is -0.300 e. The standard InChI is InChI=1S/C9H15ClIN3/c1-3-4-9(11)12-6-7-5-8(10)13-14(7)2/h5,9,12H,3-4,6H2,1-2H3. The fourth-order valence-corrected chi connectivity index (χ4v) is 2.29. The van der Waals surface area contributed by atoms with Gasteiger partial charge in [-0.2, -0.15) is 5.10 Å². The predicted octanol–water partition coefficient (Wildman–Crippen LogP) is 2.72. The maximum atomic E-state index is 5.78.